The predicted octanol–water partition coefficient (Wildman–Crippen LogP) is 2.45. The van der Waals surface area contributed by atoms with Crippen molar-refractivity contribution in [3.63, 3.8) is 0 Å². The van der Waals surface area contributed by atoms with Crippen molar-refractivity contribution in [2.45, 2.75) is 13.0 Å². The Hall–Kier alpha value is -2.91. The molecule has 0 radical (unpaired) electrons. The fourth-order valence-corrected chi connectivity index (χ4v) is 3.74. The molecule has 0 bridgehead atoms. The first-order chi connectivity index (χ1) is 13.2. The van der Waals surface area contributed by atoms with Gasteiger partial charge in [-0.25, -0.2) is 4.98 Å². The van der Waals surface area contributed by atoms with Crippen LogP contribution in [0.25, 0.3) is 11.3 Å². The summed E-state index contributed by atoms with van der Waals surface area (Å²) in [7, 11) is 3.19. The summed E-state index contributed by atoms with van der Waals surface area (Å²) >= 11 is 1.36. The minimum absolute atomic E-state index is 0.260. The summed E-state index contributed by atoms with van der Waals surface area (Å²) in [6, 6.07) is 5.59. The lowest BCUT2D eigenvalue weighted by atomic mass is 10.1. The molecule has 1 aliphatic rings. The molecule has 0 aliphatic carbocycles. The maximum atomic E-state index is 12.6. The number of hydrogen-bond donors (Lipinski definition) is 3. The van der Waals surface area contributed by atoms with Crippen molar-refractivity contribution in [3.05, 3.63) is 40.5 Å². The lowest BCUT2D eigenvalue weighted by molar-refractivity contribution is 0.102. The van der Waals surface area contributed by atoms with E-state index in [2.05, 4.69) is 25.8 Å². The Balaban J connectivity index is 1.53. The number of fused-ring (bicyclic) bond motifs is 1. The average molecular weight is 385 g/mol. The van der Waals surface area contributed by atoms with Gasteiger partial charge in [-0.3, -0.25) is 15.2 Å². The number of methoxy groups -OCH3 is 2. The SMILES string of the molecule is COc1ccc(-c2csc(NC(=O)c3n[nH]c4c3CNCC4)n2)cc1OC. The maximum Gasteiger partial charge on any atom is 0.278 e. The minimum atomic E-state index is -0.260. The van der Waals surface area contributed by atoms with Crippen LogP contribution in [0, 0.1) is 0 Å². The number of aromatic nitrogens is 3. The summed E-state index contributed by atoms with van der Waals surface area (Å²) in [4.78, 5) is 17.1. The van der Waals surface area contributed by atoms with Gasteiger partial charge in [0.2, 0.25) is 0 Å². The fraction of sp³-hybridized carbons (Fsp3) is 0.278. The number of nitrogens with one attached hydrogen (secondary N) is 3. The van der Waals surface area contributed by atoms with Gasteiger partial charge in [-0.15, -0.1) is 11.3 Å². The van der Waals surface area contributed by atoms with E-state index in [1.807, 2.05) is 23.6 Å². The molecule has 27 heavy (non-hydrogen) atoms. The summed E-state index contributed by atoms with van der Waals surface area (Å²) in [5, 5.41) is 15.6. The Morgan fingerprint density at radius 3 is 2.93 bits per heavy atom. The van der Waals surface area contributed by atoms with E-state index in [0.29, 0.717) is 28.9 Å². The molecule has 4 rings (SSSR count). The Bertz CT molecular complexity index is 981. The van der Waals surface area contributed by atoms with Crippen LogP contribution in [0.2, 0.25) is 0 Å². The number of benzene rings is 1. The highest BCUT2D eigenvalue weighted by Gasteiger charge is 2.22. The summed E-state index contributed by atoms with van der Waals surface area (Å²) in [6.07, 6.45) is 0.844. The van der Waals surface area contributed by atoms with Crippen molar-refractivity contribution in [1.82, 2.24) is 20.5 Å². The second-order valence-corrected chi connectivity index (χ2v) is 6.88. The number of hydrogen-bond acceptors (Lipinski definition) is 7. The lowest BCUT2D eigenvalue weighted by Gasteiger charge is -2.12. The topological polar surface area (TPSA) is 101 Å². The molecular weight excluding hydrogens is 366 g/mol. The van der Waals surface area contributed by atoms with Gasteiger partial charge >= 0.3 is 0 Å². The van der Waals surface area contributed by atoms with Crippen LogP contribution in [-0.2, 0) is 13.0 Å². The summed E-state index contributed by atoms with van der Waals surface area (Å²) < 4.78 is 10.6. The summed E-state index contributed by atoms with van der Waals surface area (Å²) in [5.41, 5.74) is 3.99. The van der Waals surface area contributed by atoms with Crippen molar-refractivity contribution in [1.29, 1.82) is 0 Å². The Morgan fingerprint density at radius 1 is 1.26 bits per heavy atom. The molecule has 0 spiro atoms. The minimum Gasteiger partial charge on any atom is -0.493 e. The van der Waals surface area contributed by atoms with Crippen LogP contribution >= 0.6 is 11.3 Å². The molecule has 2 aromatic heterocycles. The normalized spacial score (nSPS) is 13.1. The predicted molar refractivity (Wildman–Crippen MR) is 103 cm³/mol. The Labute approximate surface area is 159 Å². The monoisotopic (exact) mass is 385 g/mol. The smallest absolute Gasteiger partial charge is 0.278 e. The van der Waals surface area contributed by atoms with Gasteiger partial charge in [0.25, 0.3) is 5.91 Å². The third-order valence-electron chi connectivity index (χ3n) is 4.43. The van der Waals surface area contributed by atoms with Crippen LogP contribution in [0.3, 0.4) is 0 Å². The first-order valence-corrected chi connectivity index (χ1v) is 9.33. The summed E-state index contributed by atoms with van der Waals surface area (Å²) in [5.74, 6) is 1.02. The molecule has 0 atom stereocenters. The van der Waals surface area contributed by atoms with Crippen LogP contribution in [-0.4, -0.2) is 41.9 Å². The van der Waals surface area contributed by atoms with Crippen LogP contribution < -0.4 is 20.1 Å². The third-order valence-corrected chi connectivity index (χ3v) is 5.18. The molecule has 1 amide bonds. The maximum absolute atomic E-state index is 12.6. The number of amides is 1. The average Bonchev–Trinajstić information content (AvgIpc) is 3.34. The van der Waals surface area contributed by atoms with E-state index in [-0.39, 0.29) is 5.91 Å². The molecule has 140 valence electrons. The molecule has 0 unspecified atom stereocenters. The molecule has 0 saturated heterocycles. The number of ether oxygens (including phenoxy) is 2. The van der Waals surface area contributed by atoms with Crippen molar-refractivity contribution in [2.75, 3.05) is 26.1 Å². The largest absolute Gasteiger partial charge is 0.493 e. The van der Waals surface area contributed by atoms with Crippen molar-refractivity contribution in [2.24, 2.45) is 0 Å². The van der Waals surface area contributed by atoms with Crippen LogP contribution in [0.15, 0.2) is 23.6 Å². The zero-order valence-electron chi connectivity index (χ0n) is 15.0. The van der Waals surface area contributed by atoms with E-state index in [9.17, 15) is 4.79 Å². The van der Waals surface area contributed by atoms with Crippen molar-refractivity contribution in [3.8, 4) is 22.8 Å². The number of carbonyl (C=O) groups is 1. The van der Waals surface area contributed by atoms with E-state index in [4.69, 9.17) is 9.47 Å². The third kappa shape index (κ3) is 3.38. The van der Waals surface area contributed by atoms with E-state index >= 15 is 0 Å². The van der Waals surface area contributed by atoms with Gasteiger partial charge in [-0.1, -0.05) is 0 Å². The first kappa shape index (κ1) is 17.5. The molecule has 3 heterocycles. The van der Waals surface area contributed by atoms with Gasteiger partial charge in [-0.2, -0.15) is 5.10 Å². The van der Waals surface area contributed by atoms with Crippen molar-refractivity contribution < 1.29 is 14.3 Å². The number of anilines is 1. The van der Waals surface area contributed by atoms with Crippen LogP contribution in [0.5, 0.6) is 11.5 Å². The molecule has 3 N–H and O–H groups in total. The second-order valence-electron chi connectivity index (χ2n) is 6.02. The fourth-order valence-electron chi connectivity index (χ4n) is 3.03. The van der Waals surface area contributed by atoms with Gasteiger partial charge in [0.1, 0.15) is 0 Å². The Kier molecular flexibility index (Phi) is 4.78. The molecule has 0 fully saturated rings. The molecule has 3 aromatic rings. The lowest BCUT2D eigenvalue weighted by Crippen LogP contribution is -2.25. The van der Waals surface area contributed by atoms with E-state index in [1.54, 1.807) is 14.2 Å². The number of thiazole rings is 1. The number of aromatic amines is 1. The zero-order valence-corrected chi connectivity index (χ0v) is 15.8. The molecular formula is C18H19N5O3S. The number of H-pyrrole nitrogens is 1. The summed E-state index contributed by atoms with van der Waals surface area (Å²) in [6.45, 7) is 1.53. The Morgan fingerprint density at radius 2 is 2.11 bits per heavy atom. The van der Waals surface area contributed by atoms with E-state index in [1.165, 1.54) is 11.3 Å². The van der Waals surface area contributed by atoms with Gasteiger partial charge in [-0.05, 0) is 18.2 Å². The highest BCUT2D eigenvalue weighted by atomic mass is 32.1. The second kappa shape index (κ2) is 7.37. The molecule has 9 heteroatoms. The van der Waals surface area contributed by atoms with E-state index in [0.717, 1.165) is 35.5 Å². The quantitative estimate of drug-likeness (QED) is 0.624. The van der Waals surface area contributed by atoms with Gasteiger partial charge in [0.15, 0.2) is 22.3 Å². The van der Waals surface area contributed by atoms with Gasteiger partial charge < -0.3 is 14.8 Å². The number of nitrogens with zero attached hydrogens (tertiary/aromatic N) is 2. The highest BCUT2D eigenvalue weighted by molar-refractivity contribution is 7.14. The zero-order chi connectivity index (χ0) is 18.8. The molecule has 0 saturated carbocycles. The van der Waals surface area contributed by atoms with Crippen molar-refractivity contribution >= 4 is 22.4 Å². The standard InChI is InChI=1S/C18H19N5O3S/c1-25-14-4-3-10(7-15(14)26-2)13-9-27-18(20-13)21-17(24)16-11-8-19-6-5-12(11)22-23-16/h3-4,7,9,19H,5-6,8H2,1-2H3,(H,22,23)(H,20,21,24). The number of carbonyl (C=O) groups excluding carboxylic acids is 1. The molecule has 1 aliphatic heterocycles. The first-order valence-electron chi connectivity index (χ1n) is 8.45. The van der Waals surface area contributed by atoms with Gasteiger partial charge in [0.05, 0.1) is 19.9 Å². The van der Waals surface area contributed by atoms with Gasteiger partial charge in [0, 0.05) is 41.7 Å². The highest BCUT2D eigenvalue weighted by Crippen LogP contribution is 2.33. The molecule has 8 nitrogen and oxygen atoms in total. The van der Waals surface area contributed by atoms with Crippen LogP contribution in [0.1, 0.15) is 21.7 Å². The van der Waals surface area contributed by atoms with E-state index < -0.39 is 0 Å². The number of rotatable bonds is 5. The molecule has 1 aromatic carbocycles. The van der Waals surface area contributed by atoms with Crippen LogP contribution in [0.4, 0.5) is 5.13 Å².